The molecular weight excluding hydrogens is 196 g/mol. The molecule has 0 aliphatic rings. The molecule has 8 heteroatoms. The summed E-state index contributed by atoms with van der Waals surface area (Å²) >= 11 is 0. The van der Waals surface area contributed by atoms with E-state index >= 15 is 0 Å². The van der Waals surface area contributed by atoms with Crippen LogP contribution in [0, 0.1) is 10.1 Å². The van der Waals surface area contributed by atoms with Crippen LogP contribution < -0.4 is 5.32 Å². The van der Waals surface area contributed by atoms with Crippen molar-refractivity contribution in [1.29, 1.82) is 0 Å². The maximum absolute atomic E-state index is 10.8. The van der Waals surface area contributed by atoms with Crippen LogP contribution in [-0.4, -0.2) is 35.2 Å². The van der Waals surface area contributed by atoms with Gasteiger partial charge in [-0.1, -0.05) is 0 Å². The minimum Gasteiger partial charge on any atom is -0.480 e. The van der Waals surface area contributed by atoms with E-state index in [1.807, 2.05) is 0 Å². The average Bonchev–Trinajstić information content (AvgIpc) is 2.08. The summed E-state index contributed by atoms with van der Waals surface area (Å²) in [4.78, 5) is 34.4. The molecule has 8 nitrogen and oxygen atoms in total. The van der Waals surface area contributed by atoms with Gasteiger partial charge in [0.1, 0.15) is 6.54 Å². The van der Waals surface area contributed by atoms with Crippen LogP contribution in [0.1, 0.15) is 12.8 Å². The Balaban J connectivity index is 3.36. The van der Waals surface area contributed by atoms with Crippen molar-refractivity contribution in [2.24, 2.45) is 0 Å². The van der Waals surface area contributed by atoms with Crippen LogP contribution in [0.3, 0.4) is 0 Å². The maximum Gasteiger partial charge on any atom is 0.322 e. The molecule has 14 heavy (non-hydrogen) atoms. The van der Waals surface area contributed by atoms with Crippen LogP contribution in [0.15, 0.2) is 0 Å². The smallest absolute Gasteiger partial charge is 0.322 e. The first kappa shape index (κ1) is 12.1. The molecule has 0 radical (unpaired) electrons. The zero-order valence-electron chi connectivity index (χ0n) is 7.26. The molecule has 0 aliphatic heterocycles. The van der Waals surface area contributed by atoms with Gasteiger partial charge in [-0.15, -0.1) is 10.1 Å². The summed E-state index contributed by atoms with van der Waals surface area (Å²) in [5, 5.41) is 19.0. The van der Waals surface area contributed by atoms with Gasteiger partial charge >= 0.3 is 5.97 Å². The molecule has 0 saturated carbocycles. The monoisotopic (exact) mass is 206 g/mol. The second-order valence-electron chi connectivity index (χ2n) is 2.33. The summed E-state index contributed by atoms with van der Waals surface area (Å²) < 4.78 is 0. The molecule has 0 fully saturated rings. The van der Waals surface area contributed by atoms with Gasteiger partial charge in [0.15, 0.2) is 0 Å². The highest BCUT2D eigenvalue weighted by molar-refractivity contribution is 5.80. The zero-order chi connectivity index (χ0) is 11.0. The number of amides is 1. The third kappa shape index (κ3) is 8.24. The van der Waals surface area contributed by atoms with E-state index in [-0.39, 0.29) is 19.4 Å². The molecule has 0 bridgehead atoms. The van der Waals surface area contributed by atoms with E-state index < -0.39 is 23.5 Å². The molecule has 2 N–H and O–H groups in total. The Kier molecular flexibility index (Phi) is 5.75. The Hall–Kier alpha value is -1.86. The number of carboxylic acid groups (broad SMARTS) is 1. The molecule has 0 rings (SSSR count). The van der Waals surface area contributed by atoms with E-state index in [9.17, 15) is 19.7 Å². The van der Waals surface area contributed by atoms with Crippen LogP contribution in [-0.2, 0) is 14.4 Å². The first-order chi connectivity index (χ1) is 6.52. The van der Waals surface area contributed by atoms with Crippen molar-refractivity contribution in [3.63, 3.8) is 0 Å². The molecule has 1 amide bonds. The molecule has 0 heterocycles. The molecule has 0 unspecified atom stereocenters. The molecule has 0 spiro atoms. The van der Waals surface area contributed by atoms with Gasteiger partial charge in [0.05, 0.1) is 6.61 Å². The molecule has 0 aromatic heterocycles. The average molecular weight is 206 g/mol. The quantitative estimate of drug-likeness (QED) is 0.319. The van der Waals surface area contributed by atoms with Gasteiger partial charge in [-0.2, -0.15) is 0 Å². The Morgan fingerprint density at radius 2 is 2.14 bits per heavy atom. The Labute approximate surface area is 79.0 Å². The van der Waals surface area contributed by atoms with Crippen molar-refractivity contribution in [2.75, 3.05) is 13.2 Å². The van der Waals surface area contributed by atoms with E-state index in [0.29, 0.717) is 0 Å². The fourth-order valence-electron chi connectivity index (χ4n) is 0.634. The SMILES string of the molecule is O=C(O)CNC(=O)CCCO[N+](=O)[O-]. The summed E-state index contributed by atoms with van der Waals surface area (Å²) in [5.74, 6) is -1.61. The summed E-state index contributed by atoms with van der Waals surface area (Å²) in [6.45, 7) is -0.623. The van der Waals surface area contributed by atoms with E-state index in [1.165, 1.54) is 0 Å². The van der Waals surface area contributed by atoms with Crippen molar-refractivity contribution in [1.82, 2.24) is 5.32 Å². The Morgan fingerprint density at radius 1 is 1.50 bits per heavy atom. The highest BCUT2D eigenvalue weighted by atomic mass is 16.9. The lowest BCUT2D eigenvalue weighted by atomic mass is 10.3. The third-order valence-electron chi connectivity index (χ3n) is 1.18. The number of carbonyl (C=O) groups excluding carboxylic acids is 1. The number of hydrogen-bond donors (Lipinski definition) is 2. The minimum absolute atomic E-state index is 0.00111. The molecule has 0 aromatic rings. The van der Waals surface area contributed by atoms with Crippen LogP contribution >= 0.6 is 0 Å². The summed E-state index contributed by atoms with van der Waals surface area (Å²) in [6.07, 6.45) is 0.174. The van der Waals surface area contributed by atoms with Gasteiger partial charge in [0.2, 0.25) is 5.91 Å². The van der Waals surface area contributed by atoms with E-state index in [0.717, 1.165) is 0 Å². The molecule has 0 atom stereocenters. The highest BCUT2D eigenvalue weighted by Gasteiger charge is 2.03. The van der Waals surface area contributed by atoms with Crippen molar-refractivity contribution in [2.45, 2.75) is 12.8 Å². The van der Waals surface area contributed by atoms with Gasteiger partial charge in [0, 0.05) is 6.42 Å². The number of aliphatic carboxylic acids is 1. The topological polar surface area (TPSA) is 119 Å². The lowest BCUT2D eigenvalue weighted by Crippen LogP contribution is -2.29. The minimum atomic E-state index is -1.14. The van der Waals surface area contributed by atoms with Gasteiger partial charge < -0.3 is 15.3 Å². The number of carbonyl (C=O) groups is 2. The number of rotatable bonds is 7. The Morgan fingerprint density at radius 3 is 2.64 bits per heavy atom. The maximum atomic E-state index is 10.8. The first-order valence-corrected chi connectivity index (χ1v) is 3.78. The lowest BCUT2D eigenvalue weighted by molar-refractivity contribution is -0.757. The molecule has 0 aliphatic carbocycles. The standard InChI is InChI=1S/C6H10N2O6/c9-5(7-4-6(10)11)2-1-3-14-8(12)13/h1-4H2,(H,7,9)(H,10,11). The predicted octanol–water partition coefficient (Wildman–Crippen LogP) is -0.824. The van der Waals surface area contributed by atoms with Gasteiger partial charge in [0.25, 0.3) is 5.09 Å². The fraction of sp³-hybridized carbons (Fsp3) is 0.667. The summed E-state index contributed by atoms with van der Waals surface area (Å²) in [7, 11) is 0. The zero-order valence-corrected chi connectivity index (χ0v) is 7.26. The molecule has 0 saturated heterocycles. The van der Waals surface area contributed by atoms with E-state index in [1.54, 1.807) is 0 Å². The molecule has 80 valence electrons. The third-order valence-corrected chi connectivity index (χ3v) is 1.18. The Bertz CT molecular complexity index is 228. The molecular formula is C6H10N2O6. The number of nitrogens with zero attached hydrogens (tertiary/aromatic N) is 1. The normalized spacial score (nSPS) is 9.14. The van der Waals surface area contributed by atoms with Crippen LogP contribution in [0.25, 0.3) is 0 Å². The van der Waals surface area contributed by atoms with Gasteiger partial charge in [-0.3, -0.25) is 9.59 Å². The molecule has 0 aromatic carbocycles. The predicted molar refractivity (Wildman–Crippen MR) is 42.8 cm³/mol. The number of nitrogens with one attached hydrogen (secondary N) is 1. The van der Waals surface area contributed by atoms with Gasteiger partial charge in [-0.05, 0) is 6.42 Å². The van der Waals surface area contributed by atoms with Crippen molar-refractivity contribution in [3.05, 3.63) is 10.1 Å². The second kappa shape index (κ2) is 6.63. The highest BCUT2D eigenvalue weighted by Crippen LogP contribution is 1.90. The lowest BCUT2D eigenvalue weighted by Gasteiger charge is -2.01. The summed E-state index contributed by atoms with van der Waals surface area (Å²) in [5.41, 5.74) is 0. The van der Waals surface area contributed by atoms with Crippen molar-refractivity contribution >= 4 is 11.9 Å². The first-order valence-electron chi connectivity index (χ1n) is 3.78. The summed E-state index contributed by atoms with van der Waals surface area (Å²) in [6, 6.07) is 0. The van der Waals surface area contributed by atoms with Crippen molar-refractivity contribution < 1.29 is 24.6 Å². The second-order valence-corrected chi connectivity index (χ2v) is 2.33. The van der Waals surface area contributed by atoms with E-state index in [4.69, 9.17) is 5.11 Å². The van der Waals surface area contributed by atoms with E-state index in [2.05, 4.69) is 10.2 Å². The van der Waals surface area contributed by atoms with Gasteiger partial charge in [-0.25, -0.2) is 0 Å². The van der Waals surface area contributed by atoms with Crippen molar-refractivity contribution in [3.8, 4) is 0 Å². The van der Waals surface area contributed by atoms with Crippen LogP contribution in [0.4, 0.5) is 0 Å². The fourth-order valence-corrected chi connectivity index (χ4v) is 0.634. The van der Waals surface area contributed by atoms with Crippen LogP contribution in [0.5, 0.6) is 0 Å². The number of carboxylic acids is 1. The largest absolute Gasteiger partial charge is 0.480 e. The number of hydrogen-bond acceptors (Lipinski definition) is 5. The van der Waals surface area contributed by atoms with Crippen LogP contribution in [0.2, 0.25) is 0 Å².